The molecule has 0 bridgehead atoms. The summed E-state index contributed by atoms with van der Waals surface area (Å²) in [5.41, 5.74) is 3.71. The van der Waals surface area contributed by atoms with Crippen LogP contribution in [0.5, 0.6) is 5.75 Å². The number of ether oxygens (including phenoxy) is 1. The summed E-state index contributed by atoms with van der Waals surface area (Å²) < 4.78 is 5.15. The number of hydrogen-bond acceptors (Lipinski definition) is 2. The Bertz CT molecular complexity index is 681. The van der Waals surface area contributed by atoms with Crippen LogP contribution in [0.4, 0.5) is 0 Å². The zero-order valence-corrected chi connectivity index (χ0v) is 15.9. The van der Waals surface area contributed by atoms with Crippen LogP contribution in [0.25, 0.3) is 0 Å². The number of methoxy groups -OCH3 is 1. The lowest BCUT2D eigenvalue weighted by atomic mass is 9.86. The molecule has 134 valence electrons. The Morgan fingerprint density at radius 3 is 2.16 bits per heavy atom. The van der Waals surface area contributed by atoms with Gasteiger partial charge in [0.1, 0.15) is 5.75 Å². The second-order valence-corrected chi connectivity index (χ2v) is 7.51. The zero-order chi connectivity index (χ0) is 18.4. The number of aryl methyl sites for hydroxylation is 1. The number of benzene rings is 2. The molecule has 2 aromatic rings. The molecule has 1 atom stereocenters. The summed E-state index contributed by atoms with van der Waals surface area (Å²) in [4.78, 5) is 12.2. The van der Waals surface area contributed by atoms with E-state index in [1.165, 1.54) is 5.56 Å². The fourth-order valence-corrected chi connectivity index (χ4v) is 2.72. The van der Waals surface area contributed by atoms with E-state index in [2.05, 4.69) is 50.4 Å². The van der Waals surface area contributed by atoms with Gasteiger partial charge in [0, 0.05) is 6.42 Å². The Kier molecular flexibility index (Phi) is 6.24. The van der Waals surface area contributed by atoms with Gasteiger partial charge in [-0.1, -0.05) is 57.2 Å². The Balaban J connectivity index is 1.86. The fourth-order valence-electron chi connectivity index (χ4n) is 2.72. The van der Waals surface area contributed by atoms with Crippen LogP contribution in [0.15, 0.2) is 48.5 Å². The third-order valence-corrected chi connectivity index (χ3v) is 4.45. The number of carbonyl (C=O) groups excluding carboxylic acids is 1. The zero-order valence-electron chi connectivity index (χ0n) is 15.9. The molecule has 0 aliphatic heterocycles. The standard InChI is InChI=1S/C22H29NO2/c1-16(18-9-11-19(12-10-18)22(2,3)4)23-21(24)15-8-17-6-13-20(25-5)14-7-17/h6-7,9-14,16H,8,15H2,1-5H3,(H,23,24)/t16-/m1/s1. The highest BCUT2D eigenvalue weighted by Gasteiger charge is 2.15. The quantitative estimate of drug-likeness (QED) is 0.821. The van der Waals surface area contributed by atoms with Crippen LogP contribution in [-0.4, -0.2) is 13.0 Å². The summed E-state index contributed by atoms with van der Waals surface area (Å²) in [7, 11) is 1.65. The molecule has 0 aliphatic carbocycles. The van der Waals surface area contributed by atoms with E-state index in [1.54, 1.807) is 7.11 Å². The van der Waals surface area contributed by atoms with Crippen molar-refractivity contribution in [2.75, 3.05) is 7.11 Å². The van der Waals surface area contributed by atoms with Gasteiger partial charge in [-0.3, -0.25) is 4.79 Å². The van der Waals surface area contributed by atoms with Gasteiger partial charge in [-0.25, -0.2) is 0 Å². The van der Waals surface area contributed by atoms with E-state index in [-0.39, 0.29) is 17.4 Å². The minimum Gasteiger partial charge on any atom is -0.497 e. The van der Waals surface area contributed by atoms with Gasteiger partial charge in [0.25, 0.3) is 0 Å². The lowest BCUT2D eigenvalue weighted by Crippen LogP contribution is -2.26. The Morgan fingerprint density at radius 1 is 1.04 bits per heavy atom. The average molecular weight is 339 g/mol. The molecule has 2 rings (SSSR count). The van der Waals surface area contributed by atoms with Gasteiger partial charge in [-0.2, -0.15) is 0 Å². The van der Waals surface area contributed by atoms with Gasteiger partial charge in [0.15, 0.2) is 0 Å². The number of hydrogen-bond donors (Lipinski definition) is 1. The van der Waals surface area contributed by atoms with Crippen molar-refractivity contribution in [2.45, 2.75) is 52.0 Å². The molecular weight excluding hydrogens is 310 g/mol. The second kappa shape index (κ2) is 8.19. The third-order valence-electron chi connectivity index (χ3n) is 4.45. The van der Waals surface area contributed by atoms with Gasteiger partial charge >= 0.3 is 0 Å². The molecule has 0 aliphatic rings. The van der Waals surface area contributed by atoms with Crippen molar-refractivity contribution in [2.24, 2.45) is 0 Å². The Hall–Kier alpha value is -2.29. The summed E-state index contributed by atoms with van der Waals surface area (Å²) in [6, 6.07) is 16.4. The van der Waals surface area contributed by atoms with Crippen LogP contribution in [0.1, 0.15) is 56.8 Å². The maximum atomic E-state index is 12.2. The predicted octanol–water partition coefficient (Wildman–Crippen LogP) is 4.80. The van der Waals surface area contributed by atoms with Crippen LogP contribution in [-0.2, 0) is 16.6 Å². The number of nitrogens with one attached hydrogen (secondary N) is 1. The predicted molar refractivity (Wildman–Crippen MR) is 103 cm³/mol. The van der Waals surface area contributed by atoms with Crippen molar-refractivity contribution < 1.29 is 9.53 Å². The van der Waals surface area contributed by atoms with Crippen LogP contribution in [0.2, 0.25) is 0 Å². The van der Waals surface area contributed by atoms with Crippen LogP contribution >= 0.6 is 0 Å². The maximum absolute atomic E-state index is 12.2. The minimum absolute atomic E-state index is 0.0115. The van der Waals surface area contributed by atoms with Crippen LogP contribution < -0.4 is 10.1 Å². The van der Waals surface area contributed by atoms with Crippen molar-refractivity contribution in [1.82, 2.24) is 5.32 Å². The monoisotopic (exact) mass is 339 g/mol. The van der Waals surface area contributed by atoms with Crippen molar-refractivity contribution in [3.05, 3.63) is 65.2 Å². The van der Waals surface area contributed by atoms with Crippen LogP contribution in [0, 0.1) is 0 Å². The second-order valence-electron chi connectivity index (χ2n) is 7.51. The van der Waals surface area contributed by atoms with E-state index in [4.69, 9.17) is 4.74 Å². The molecule has 3 nitrogen and oxygen atoms in total. The van der Waals surface area contributed by atoms with E-state index < -0.39 is 0 Å². The molecule has 0 heterocycles. The first-order valence-electron chi connectivity index (χ1n) is 8.82. The smallest absolute Gasteiger partial charge is 0.220 e. The molecule has 2 aromatic carbocycles. The lowest BCUT2D eigenvalue weighted by Gasteiger charge is -2.20. The van der Waals surface area contributed by atoms with Gasteiger partial charge < -0.3 is 10.1 Å². The van der Waals surface area contributed by atoms with E-state index >= 15 is 0 Å². The highest BCUT2D eigenvalue weighted by atomic mass is 16.5. The first kappa shape index (κ1) is 19.0. The summed E-state index contributed by atoms with van der Waals surface area (Å²) in [5.74, 6) is 0.906. The fraction of sp³-hybridized carbons (Fsp3) is 0.409. The van der Waals surface area contributed by atoms with Crippen molar-refractivity contribution in [3.8, 4) is 5.75 Å². The normalized spacial score (nSPS) is 12.5. The lowest BCUT2D eigenvalue weighted by molar-refractivity contribution is -0.121. The van der Waals surface area contributed by atoms with E-state index in [1.807, 2.05) is 31.2 Å². The van der Waals surface area contributed by atoms with Gasteiger partial charge in [-0.15, -0.1) is 0 Å². The van der Waals surface area contributed by atoms with Crippen LogP contribution in [0.3, 0.4) is 0 Å². The van der Waals surface area contributed by atoms with Gasteiger partial charge in [0.2, 0.25) is 5.91 Å². The molecule has 1 N–H and O–H groups in total. The first-order valence-corrected chi connectivity index (χ1v) is 8.82. The average Bonchev–Trinajstić information content (AvgIpc) is 2.59. The molecule has 3 heteroatoms. The van der Waals surface area contributed by atoms with Crippen molar-refractivity contribution in [1.29, 1.82) is 0 Å². The summed E-state index contributed by atoms with van der Waals surface area (Å²) in [5, 5.41) is 3.08. The molecule has 0 spiro atoms. The molecule has 0 saturated carbocycles. The Labute approximate surface area is 151 Å². The molecule has 0 unspecified atom stereocenters. The Morgan fingerprint density at radius 2 is 1.64 bits per heavy atom. The number of carbonyl (C=O) groups is 1. The summed E-state index contributed by atoms with van der Waals surface area (Å²) >= 11 is 0. The minimum atomic E-state index is 0.0115. The highest BCUT2D eigenvalue weighted by Crippen LogP contribution is 2.24. The molecule has 0 saturated heterocycles. The maximum Gasteiger partial charge on any atom is 0.220 e. The summed E-state index contributed by atoms with van der Waals surface area (Å²) in [6.07, 6.45) is 1.21. The van der Waals surface area contributed by atoms with Crippen molar-refractivity contribution in [3.63, 3.8) is 0 Å². The van der Waals surface area contributed by atoms with Crippen molar-refractivity contribution >= 4 is 5.91 Å². The van der Waals surface area contributed by atoms with E-state index in [0.717, 1.165) is 23.3 Å². The summed E-state index contributed by atoms with van der Waals surface area (Å²) in [6.45, 7) is 8.63. The van der Waals surface area contributed by atoms with E-state index in [9.17, 15) is 4.79 Å². The topological polar surface area (TPSA) is 38.3 Å². The molecule has 25 heavy (non-hydrogen) atoms. The first-order chi connectivity index (χ1) is 11.8. The molecular formula is C22H29NO2. The third kappa shape index (κ3) is 5.63. The highest BCUT2D eigenvalue weighted by molar-refractivity contribution is 5.76. The molecule has 0 fully saturated rings. The van der Waals surface area contributed by atoms with E-state index in [0.29, 0.717) is 6.42 Å². The molecule has 0 radical (unpaired) electrons. The SMILES string of the molecule is COc1ccc(CCC(=O)N[C@H](C)c2ccc(C(C)(C)C)cc2)cc1. The van der Waals surface area contributed by atoms with Gasteiger partial charge in [-0.05, 0) is 47.6 Å². The number of rotatable bonds is 6. The molecule has 1 amide bonds. The van der Waals surface area contributed by atoms with Gasteiger partial charge in [0.05, 0.1) is 13.2 Å². The molecule has 0 aromatic heterocycles. The number of amides is 1. The largest absolute Gasteiger partial charge is 0.497 e.